The SMILES string of the molecule is CCOC(=O)C1CN(C)C2Cc3c[nH]c4cccc(c34)C12O. The van der Waals surface area contributed by atoms with Crippen molar-refractivity contribution in [3.05, 3.63) is 35.5 Å². The first-order valence-electron chi connectivity index (χ1n) is 7.76. The summed E-state index contributed by atoms with van der Waals surface area (Å²) in [6.45, 7) is 2.65. The highest BCUT2D eigenvalue weighted by atomic mass is 16.5. The number of fused-ring (bicyclic) bond motifs is 2. The molecule has 1 fully saturated rings. The fraction of sp³-hybridized carbons (Fsp3) is 0.471. The number of hydrogen-bond acceptors (Lipinski definition) is 4. The van der Waals surface area contributed by atoms with E-state index in [2.05, 4.69) is 9.88 Å². The largest absolute Gasteiger partial charge is 0.466 e. The maximum atomic E-state index is 12.4. The number of hydrogen-bond donors (Lipinski definition) is 2. The van der Waals surface area contributed by atoms with Crippen LogP contribution in [-0.4, -0.2) is 47.2 Å². The smallest absolute Gasteiger partial charge is 0.313 e. The normalized spacial score (nSPS) is 30.5. The number of carbonyl (C=O) groups excluding carboxylic acids is 1. The molecule has 116 valence electrons. The number of likely N-dealkylation sites (tertiary alicyclic amines) is 1. The summed E-state index contributed by atoms with van der Waals surface area (Å²) in [6, 6.07) is 5.77. The molecule has 1 aromatic carbocycles. The van der Waals surface area contributed by atoms with Crippen LogP contribution >= 0.6 is 0 Å². The van der Waals surface area contributed by atoms with E-state index < -0.39 is 11.5 Å². The third-order valence-electron chi connectivity index (χ3n) is 5.25. The Kier molecular flexibility index (Phi) is 2.86. The van der Waals surface area contributed by atoms with Gasteiger partial charge in [0.2, 0.25) is 0 Å². The maximum absolute atomic E-state index is 12.4. The minimum absolute atomic E-state index is 0.101. The zero-order valence-corrected chi connectivity index (χ0v) is 12.8. The number of aliphatic hydroxyl groups is 1. The second-order valence-corrected chi connectivity index (χ2v) is 6.33. The van der Waals surface area contributed by atoms with Crippen LogP contribution in [0.5, 0.6) is 0 Å². The fourth-order valence-electron chi connectivity index (χ4n) is 4.26. The van der Waals surface area contributed by atoms with Gasteiger partial charge in [-0.3, -0.25) is 9.69 Å². The zero-order chi connectivity index (χ0) is 15.5. The molecule has 0 amide bonds. The summed E-state index contributed by atoms with van der Waals surface area (Å²) in [5.74, 6) is -0.855. The predicted octanol–water partition coefficient (Wildman–Crippen LogP) is 1.40. The van der Waals surface area contributed by atoms with Gasteiger partial charge in [0.05, 0.1) is 6.61 Å². The molecule has 4 rings (SSSR count). The zero-order valence-electron chi connectivity index (χ0n) is 12.8. The lowest BCUT2D eigenvalue weighted by molar-refractivity contribution is -0.156. The molecule has 5 nitrogen and oxygen atoms in total. The van der Waals surface area contributed by atoms with Crippen molar-refractivity contribution in [1.82, 2.24) is 9.88 Å². The number of likely N-dealkylation sites (N-methyl/N-ethyl adjacent to an activating group) is 1. The fourth-order valence-corrected chi connectivity index (χ4v) is 4.26. The van der Waals surface area contributed by atoms with Gasteiger partial charge in [-0.2, -0.15) is 0 Å². The predicted molar refractivity (Wildman–Crippen MR) is 82.4 cm³/mol. The van der Waals surface area contributed by atoms with Crippen molar-refractivity contribution in [3.63, 3.8) is 0 Å². The Bertz CT molecular complexity index is 753. The quantitative estimate of drug-likeness (QED) is 0.823. The summed E-state index contributed by atoms with van der Waals surface area (Å²) < 4.78 is 5.22. The van der Waals surface area contributed by atoms with Crippen LogP contribution in [0.25, 0.3) is 10.9 Å². The molecule has 2 N–H and O–H groups in total. The standard InChI is InChI=1S/C17H20N2O3/c1-3-22-16(20)12-9-19(2)14-7-10-8-18-13-6-4-5-11(15(10)13)17(12,14)21/h4-6,8,12,14,18,21H,3,7,9H2,1-2H3. The van der Waals surface area contributed by atoms with Crippen molar-refractivity contribution < 1.29 is 14.6 Å². The molecule has 3 atom stereocenters. The number of aromatic nitrogens is 1. The van der Waals surface area contributed by atoms with E-state index >= 15 is 0 Å². The first kappa shape index (κ1) is 13.8. The lowest BCUT2D eigenvalue weighted by Crippen LogP contribution is -2.49. The highest BCUT2D eigenvalue weighted by Gasteiger charge is 2.58. The Morgan fingerprint density at radius 3 is 3.14 bits per heavy atom. The molecule has 1 aliphatic heterocycles. The summed E-state index contributed by atoms with van der Waals surface area (Å²) in [5.41, 5.74) is 1.88. The Morgan fingerprint density at radius 2 is 2.36 bits per heavy atom. The molecule has 5 heteroatoms. The summed E-state index contributed by atoms with van der Waals surface area (Å²) in [6.07, 6.45) is 2.75. The second kappa shape index (κ2) is 4.57. The van der Waals surface area contributed by atoms with Gasteiger partial charge in [-0.1, -0.05) is 12.1 Å². The molecule has 0 spiro atoms. The van der Waals surface area contributed by atoms with Gasteiger partial charge in [-0.15, -0.1) is 0 Å². The van der Waals surface area contributed by atoms with Crippen molar-refractivity contribution in [1.29, 1.82) is 0 Å². The number of H-pyrrole nitrogens is 1. The summed E-state index contributed by atoms with van der Waals surface area (Å²) in [4.78, 5) is 17.7. The monoisotopic (exact) mass is 300 g/mol. The maximum Gasteiger partial charge on any atom is 0.313 e. The molecule has 1 aliphatic carbocycles. The van der Waals surface area contributed by atoms with Crippen LogP contribution in [0.4, 0.5) is 0 Å². The van der Waals surface area contributed by atoms with Crippen LogP contribution in [0, 0.1) is 5.92 Å². The number of carbonyl (C=O) groups is 1. The van der Waals surface area contributed by atoms with Crippen molar-refractivity contribution in [2.45, 2.75) is 25.0 Å². The number of aromatic amines is 1. The molecule has 1 aromatic heterocycles. The van der Waals surface area contributed by atoms with Gasteiger partial charge in [-0.05, 0) is 37.6 Å². The molecule has 0 bridgehead atoms. The first-order chi connectivity index (χ1) is 10.6. The van der Waals surface area contributed by atoms with Gasteiger partial charge in [0.1, 0.15) is 11.5 Å². The highest BCUT2D eigenvalue weighted by molar-refractivity contribution is 5.90. The van der Waals surface area contributed by atoms with E-state index in [9.17, 15) is 9.90 Å². The highest BCUT2D eigenvalue weighted by Crippen LogP contribution is 2.49. The van der Waals surface area contributed by atoms with Crippen LogP contribution in [0.1, 0.15) is 18.1 Å². The number of nitrogens with one attached hydrogen (secondary N) is 1. The van der Waals surface area contributed by atoms with E-state index in [0.29, 0.717) is 13.2 Å². The second-order valence-electron chi connectivity index (χ2n) is 6.33. The van der Waals surface area contributed by atoms with E-state index in [0.717, 1.165) is 22.9 Å². The third-order valence-corrected chi connectivity index (χ3v) is 5.25. The number of rotatable bonds is 2. The Labute approximate surface area is 128 Å². The van der Waals surface area contributed by atoms with E-state index in [1.54, 1.807) is 6.92 Å². The summed E-state index contributed by atoms with van der Waals surface area (Å²) in [5, 5.41) is 12.6. The van der Waals surface area contributed by atoms with Gasteiger partial charge >= 0.3 is 5.97 Å². The molecular weight excluding hydrogens is 280 g/mol. The van der Waals surface area contributed by atoms with Crippen molar-refractivity contribution in [2.75, 3.05) is 20.2 Å². The summed E-state index contributed by atoms with van der Waals surface area (Å²) in [7, 11) is 1.96. The minimum Gasteiger partial charge on any atom is -0.466 e. The number of ether oxygens (including phenoxy) is 1. The lowest BCUT2D eigenvalue weighted by atomic mass is 9.72. The number of nitrogens with zero attached hydrogens (tertiary/aromatic N) is 1. The van der Waals surface area contributed by atoms with Crippen LogP contribution < -0.4 is 0 Å². The van der Waals surface area contributed by atoms with E-state index in [1.165, 1.54) is 5.56 Å². The molecule has 1 saturated heterocycles. The molecule has 0 radical (unpaired) electrons. The molecule has 22 heavy (non-hydrogen) atoms. The van der Waals surface area contributed by atoms with Crippen LogP contribution in [0.2, 0.25) is 0 Å². The topological polar surface area (TPSA) is 65.6 Å². The third kappa shape index (κ3) is 1.58. The molecule has 2 heterocycles. The summed E-state index contributed by atoms with van der Waals surface area (Å²) >= 11 is 0. The molecule has 0 saturated carbocycles. The minimum atomic E-state index is -1.18. The molecule has 2 aromatic rings. The van der Waals surface area contributed by atoms with E-state index in [1.807, 2.05) is 31.4 Å². The lowest BCUT2D eigenvalue weighted by Gasteiger charge is -2.39. The van der Waals surface area contributed by atoms with Gasteiger partial charge in [-0.25, -0.2) is 0 Å². The van der Waals surface area contributed by atoms with Crippen molar-refractivity contribution >= 4 is 16.9 Å². The number of benzene rings is 1. The van der Waals surface area contributed by atoms with Crippen molar-refractivity contribution in [2.24, 2.45) is 5.92 Å². The van der Waals surface area contributed by atoms with Gasteiger partial charge in [0, 0.05) is 29.7 Å². The Morgan fingerprint density at radius 1 is 1.55 bits per heavy atom. The Balaban J connectivity index is 1.92. The van der Waals surface area contributed by atoms with Gasteiger partial charge < -0.3 is 14.8 Å². The molecule has 2 aliphatic rings. The average molecular weight is 300 g/mol. The van der Waals surface area contributed by atoms with Crippen LogP contribution in [0.3, 0.4) is 0 Å². The molecular formula is C17H20N2O3. The first-order valence-corrected chi connectivity index (χ1v) is 7.76. The van der Waals surface area contributed by atoms with Gasteiger partial charge in [0.15, 0.2) is 0 Å². The average Bonchev–Trinajstić information content (AvgIpc) is 3.03. The van der Waals surface area contributed by atoms with Crippen LogP contribution in [-0.2, 0) is 21.6 Å². The Hall–Kier alpha value is -1.85. The number of esters is 1. The van der Waals surface area contributed by atoms with Gasteiger partial charge in [0.25, 0.3) is 0 Å². The van der Waals surface area contributed by atoms with E-state index in [-0.39, 0.29) is 12.0 Å². The van der Waals surface area contributed by atoms with Crippen molar-refractivity contribution in [3.8, 4) is 0 Å². The van der Waals surface area contributed by atoms with Crippen LogP contribution in [0.15, 0.2) is 24.4 Å². The molecule has 3 unspecified atom stereocenters. The van der Waals surface area contributed by atoms with E-state index in [4.69, 9.17) is 4.74 Å².